The number of halogens is 1. The highest BCUT2D eigenvalue weighted by Crippen LogP contribution is 2.32. The molecular weight excluding hydrogens is 439 g/mol. The maximum atomic E-state index is 13.3. The van der Waals surface area contributed by atoms with Crippen molar-refractivity contribution in [2.45, 2.75) is 64.6 Å². The topological polar surface area (TPSA) is 98.5 Å². The molecule has 1 aliphatic rings. The van der Waals surface area contributed by atoms with Crippen LogP contribution in [0.4, 0.5) is 4.39 Å². The van der Waals surface area contributed by atoms with Gasteiger partial charge in [0.2, 0.25) is 6.36 Å². The van der Waals surface area contributed by atoms with Crippen LogP contribution in [0.3, 0.4) is 0 Å². The van der Waals surface area contributed by atoms with Crippen molar-refractivity contribution < 1.29 is 23.8 Å². The van der Waals surface area contributed by atoms with E-state index >= 15 is 0 Å². The van der Waals surface area contributed by atoms with Gasteiger partial charge in [-0.1, -0.05) is 12.1 Å². The SMILES string of the molecule is CC(F)Oc1cccc(-c2nn(C(C)C)c3cc(C(=O)NC4([C@H](C)O)CCOCC4)cnc23)c1. The summed E-state index contributed by atoms with van der Waals surface area (Å²) in [5.41, 5.74) is 2.35. The van der Waals surface area contributed by atoms with Gasteiger partial charge in [0.15, 0.2) is 0 Å². The number of carbonyl (C=O) groups excluding carboxylic acids is 1. The maximum Gasteiger partial charge on any atom is 0.253 e. The number of benzene rings is 1. The quantitative estimate of drug-likeness (QED) is 0.541. The monoisotopic (exact) mass is 470 g/mol. The molecule has 1 amide bonds. The number of alkyl halides is 1. The third-order valence-corrected chi connectivity index (χ3v) is 6.25. The van der Waals surface area contributed by atoms with Crippen LogP contribution in [-0.4, -0.2) is 57.0 Å². The van der Waals surface area contributed by atoms with E-state index in [4.69, 9.17) is 14.6 Å². The number of fused-ring (bicyclic) bond motifs is 1. The number of nitrogens with one attached hydrogen (secondary N) is 1. The molecule has 0 saturated carbocycles. The van der Waals surface area contributed by atoms with Gasteiger partial charge in [-0.15, -0.1) is 0 Å². The highest BCUT2D eigenvalue weighted by atomic mass is 19.1. The van der Waals surface area contributed by atoms with E-state index in [9.17, 15) is 14.3 Å². The van der Waals surface area contributed by atoms with Crippen molar-refractivity contribution in [1.82, 2.24) is 20.1 Å². The Bertz CT molecular complexity index is 1170. The summed E-state index contributed by atoms with van der Waals surface area (Å²) >= 11 is 0. The highest BCUT2D eigenvalue weighted by molar-refractivity contribution is 5.99. The van der Waals surface area contributed by atoms with E-state index in [1.807, 2.05) is 24.6 Å². The first kappa shape index (κ1) is 24.1. The van der Waals surface area contributed by atoms with Gasteiger partial charge in [0, 0.05) is 37.9 Å². The molecule has 34 heavy (non-hydrogen) atoms. The van der Waals surface area contributed by atoms with Crippen LogP contribution in [0.5, 0.6) is 5.75 Å². The van der Waals surface area contributed by atoms with E-state index < -0.39 is 18.0 Å². The van der Waals surface area contributed by atoms with Crippen molar-refractivity contribution >= 4 is 16.9 Å². The average Bonchev–Trinajstić information content (AvgIpc) is 3.18. The Morgan fingerprint density at radius 2 is 1.97 bits per heavy atom. The summed E-state index contributed by atoms with van der Waals surface area (Å²) in [6.45, 7) is 7.97. The molecule has 3 aromatic rings. The van der Waals surface area contributed by atoms with Crippen LogP contribution in [0, 0.1) is 0 Å². The third kappa shape index (κ3) is 4.76. The summed E-state index contributed by atoms with van der Waals surface area (Å²) in [6.07, 6.45) is 0.449. The number of aliphatic hydroxyl groups excluding tert-OH is 1. The fourth-order valence-corrected chi connectivity index (χ4v) is 4.32. The molecule has 1 unspecified atom stereocenters. The molecule has 182 valence electrons. The Balaban J connectivity index is 1.71. The average molecular weight is 471 g/mol. The highest BCUT2D eigenvalue weighted by Gasteiger charge is 2.39. The van der Waals surface area contributed by atoms with E-state index in [-0.39, 0.29) is 11.9 Å². The van der Waals surface area contributed by atoms with Crippen LogP contribution in [0.15, 0.2) is 36.5 Å². The van der Waals surface area contributed by atoms with Gasteiger partial charge in [-0.2, -0.15) is 5.10 Å². The van der Waals surface area contributed by atoms with Crippen LogP contribution in [0.25, 0.3) is 22.3 Å². The molecule has 0 bridgehead atoms. The fourth-order valence-electron chi connectivity index (χ4n) is 4.32. The zero-order chi connectivity index (χ0) is 24.5. The van der Waals surface area contributed by atoms with Gasteiger partial charge in [-0.3, -0.25) is 14.5 Å². The molecule has 0 spiro atoms. The zero-order valence-electron chi connectivity index (χ0n) is 19.9. The lowest BCUT2D eigenvalue weighted by molar-refractivity contribution is -0.0194. The zero-order valence-corrected chi connectivity index (χ0v) is 19.9. The molecule has 1 saturated heterocycles. The van der Waals surface area contributed by atoms with Gasteiger partial charge in [-0.25, -0.2) is 4.39 Å². The number of rotatable bonds is 7. The van der Waals surface area contributed by atoms with Crippen molar-refractivity contribution in [2.24, 2.45) is 0 Å². The van der Waals surface area contributed by atoms with Crippen molar-refractivity contribution in [1.29, 1.82) is 0 Å². The molecule has 2 aromatic heterocycles. The van der Waals surface area contributed by atoms with Crippen molar-refractivity contribution in [3.8, 4) is 17.0 Å². The second-order valence-electron chi connectivity index (χ2n) is 9.07. The van der Waals surface area contributed by atoms with Crippen LogP contribution in [0.1, 0.15) is 56.9 Å². The first-order valence-electron chi connectivity index (χ1n) is 11.6. The van der Waals surface area contributed by atoms with Crippen LogP contribution in [-0.2, 0) is 4.74 Å². The van der Waals surface area contributed by atoms with E-state index in [0.29, 0.717) is 54.1 Å². The lowest BCUT2D eigenvalue weighted by Gasteiger charge is -2.40. The molecule has 3 heterocycles. The molecule has 9 heteroatoms. The Labute approximate surface area is 198 Å². The van der Waals surface area contributed by atoms with Crippen molar-refractivity contribution in [3.05, 3.63) is 42.1 Å². The number of ether oxygens (including phenoxy) is 2. The summed E-state index contributed by atoms with van der Waals surface area (Å²) in [5.74, 6) is 0.0956. The molecule has 2 atom stereocenters. The summed E-state index contributed by atoms with van der Waals surface area (Å²) in [6, 6.07) is 8.84. The first-order valence-corrected chi connectivity index (χ1v) is 11.6. The van der Waals surface area contributed by atoms with Gasteiger partial charge >= 0.3 is 0 Å². The van der Waals surface area contributed by atoms with Gasteiger partial charge in [0.1, 0.15) is 17.0 Å². The molecule has 1 fully saturated rings. The number of carbonyl (C=O) groups is 1. The van der Waals surface area contributed by atoms with Crippen LogP contribution >= 0.6 is 0 Å². The summed E-state index contributed by atoms with van der Waals surface area (Å²) < 4.78 is 25.8. The van der Waals surface area contributed by atoms with Crippen molar-refractivity contribution in [3.63, 3.8) is 0 Å². The Morgan fingerprint density at radius 3 is 2.62 bits per heavy atom. The first-order chi connectivity index (χ1) is 16.2. The Kier molecular flexibility index (Phi) is 6.86. The predicted octanol–water partition coefficient (Wildman–Crippen LogP) is 4.03. The largest absolute Gasteiger partial charge is 0.461 e. The number of amides is 1. The summed E-state index contributed by atoms with van der Waals surface area (Å²) in [7, 11) is 0. The van der Waals surface area contributed by atoms with Gasteiger partial charge in [0.05, 0.1) is 22.7 Å². The summed E-state index contributed by atoms with van der Waals surface area (Å²) in [5, 5.41) is 18.2. The molecule has 2 N–H and O–H groups in total. The Morgan fingerprint density at radius 1 is 1.24 bits per heavy atom. The second-order valence-corrected chi connectivity index (χ2v) is 9.07. The number of hydrogen-bond acceptors (Lipinski definition) is 6. The number of aliphatic hydroxyl groups is 1. The minimum atomic E-state index is -1.43. The molecular formula is C25H31FN4O4. The van der Waals surface area contributed by atoms with Crippen LogP contribution < -0.4 is 10.1 Å². The molecule has 4 rings (SSSR count). The number of pyridine rings is 1. The lowest BCUT2D eigenvalue weighted by atomic mass is 9.84. The smallest absolute Gasteiger partial charge is 0.253 e. The third-order valence-electron chi connectivity index (χ3n) is 6.25. The van der Waals surface area contributed by atoms with Gasteiger partial charge < -0.3 is 19.9 Å². The van der Waals surface area contributed by atoms with Crippen molar-refractivity contribution in [2.75, 3.05) is 13.2 Å². The van der Waals surface area contributed by atoms with E-state index in [2.05, 4.69) is 10.3 Å². The normalized spacial score (nSPS) is 17.5. The lowest BCUT2D eigenvalue weighted by Crippen LogP contribution is -2.58. The maximum absolute atomic E-state index is 13.3. The molecule has 0 aliphatic carbocycles. The number of nitrogens with zero attached hydrogens (tertiary/aromatic N) is 3. The predicted molar refractivity (Wildman–Crippen MR) is 126 cm³/mol. The minimum absolute atomic E-state index is 0.0148. The number of hydrogen-bond donors (Lipinski definition) is 2. The van der Waals surface area contributed by atoms with E-state index in [1.54, 1.807) is 31.2 Å². The van der Waals surface area contributed by atoms with Gasteiger partial charge in [0.25, 0.3) is 5.91 Å². The standard InChI is InChI=1S/C25H31FN4O4/c1-15(2)30-21-13-19(24(32)28-25(16(3)31)8-10-33-11-9-25)14-27-23(21)22(29-30)18-6-5-7-20(12-18)34-17(4)26/h5-7,12-17,31H,8-11H2,1-4H3,(H,28,32)/t16-,17?/m0/s1. The fraction of sp³-hybridized carbons (Fsp3) is 0.480. The minimum Gasteiger partial charge on any atom is -0.461 e. The Hall–Kier alpha value is -3.04. The second kappa shape index (κ2) is 9.68. The summed E-state index contributed by atoms with van der Waals surface area (Å²) in [4.78, 5) is 17.8. The molecule has 8 nitrogen and oxygen atoms in total. The van der Waals surface area contributed by atoms with Gasteiger partial charge in [-0.05, 0) is 51.8 Å². The van der Waals surface area contributed by atoms with E-state index in [0.717, 1.165) is 5.56 Å². The van der Waals surface area contributed by atoms with Crippen LogP contribution in [0.2, 0.25) is 0 Å². The molecule has 1 aromatic carbocycles. The number of aromatic nitrogens is 3. The molecule has 1 aliphatic heterocycles. The molecule has 0 radical (unpaired) electrons. The van der Waals surface area contributed by atoms with E-state index in [1.165, 1.54) is 13.1 Å².